The van der Waals surface area contributed by atoms with Crippen molar-refractivity contribution >= 4 is 39.1 Å². The quantitative estimate of drug-likeness (QED) is 0.269. The van der Waals surface area contributed by atoms with Crippen LogP contribution in [-0.2, 0) is 32.3 Å². The van der Waals surface area contributed by atoms with E-state index in [1.807, 2.05) is 13.8 Å². The average Bonchev–Trinajstić information content (AvgIpc) is 2.93. The first-order chi connectivity index (χ1) is 19.6. The molecule has 13 heteroatoms. The Bertz CT molecular complexity index is 1520. The lowest BCUT2D eigenvalue weighted by molar-refractivity contribution is -0.139. The summed E-state index contributed by atoms with van der Waals surface area (Å²) in [5.74, 6) is -2.10. The number of carbonyl (C=O) groups is 2. The molecule has 0 aliphatic carbocycles. The van der Waals surface area contributed by atoms with Crippen LogP contribution in [0.3, 0.4) is 0 Å². The molecule has 7 nitrogen and oxygen atoms in total. The first-order valence-corrected chi connectivity index (χ1v) is 14.7. The van der Waals surface area contributed by atoms with Gasteiger partial charge >= 0.3 is 6.18 Å². The van der Waals surface area contributed by atoms with Crippen LogP contribution in [0.2, 0.25) is 5.02 Å². The fourth-order valence-corrected chi connectivity index (χ4v) is 5.63. The molecule has 42 heavy (non-hydrogen) atoms. The van der Waals surface area contributed by atoms with Crippen LogP contribution in [0.15, 0.2) is 77.7 Å². The van der Waals surface area contributed by atoms with E-state index in [4.69, 9.17) is 11.6 Å². The van der Waals surface area contributed by atoms with Crippen molar-refractivity contribution in [3.63, 3.8) is 0 Å². The maximum Gasteiger partial charge on any atom is 0.417 e. The van der Waals surface area contributed by atoms with Gasteiger partial charge in [-0.05, 0) is 49.2 Å². The molecule has 0 spiro atoms. The summed E-state index contributed by atoms with van der Waals surface area (Å²) in [6.07, 6.45) is -4.92. The second-order valence-corrected chi connectivity index (χ2v) is 12.2. The van der Waals surface area contributed by atoms with Gasteiger partial charge in [-0.1, -0.05) is 61.8 Å². The summed E-state index contributed by atoms with van der Waals surface area (Å²) in [5.41, 5.74) is -1.73. The highest BCUT2D eigenvalue weighted by Crippen LogP contribution is 2.38. The fourth-order valence-electron chi connectivity index (χ4n) is 3.98. The lowest BCUT2D eigenvalue weighted by Crippen LogP contribution is -2.51. The third kappa shape index (κ3) is 8.01. The van der Waals surface area contributed by atoms with E-state index in [1.165, 1.54) is 55.5 Å². The predicted octanol–water partition coefficient (Wildman–Crippen LogP) is 5.88. The molecule has 226 valence electrons. The van der Waals surface area contributed by atoms with Crippen molar-refractivity contribution in [3.05, 3.63) is 94.8 Å². The number of hydrogen-bond donors (Lipinski definition) is 1. The van der Waals surface area contributed by atoms with E-state index < -0.39 is 69.2 Å². The molecular formula is C29H30ClF4N3O4S. The maximum absolute atomic E-state index is 14.6. The number of sulfonamides is 1. The number of nitrogens with zero attached hydrogens (tertiary/aromatic N) is 2. The van der Waals surface area contributed by atoms with Crippen molar-refractivity contribution in [1.82, 2.24) is 10.2 Å². The third-order valence-corrected chi connectivity index (χ3v) is 8.42. The van der Waals surface area contributed by atoms with E-state index in [1.54, 1.807) is 6.07 Å². The van der Waals surface area contributed by atoms with Crippen molar-refractivity contribution in [2.75, 3.05) is 17.4 Å². The van der Waals surface area contributed by atoms with Gasteiger partial charge in [-0.2, -0.15) is 13.2 Å². The number of nitrogens with one attached hydrogen (secondary N) is 1. The van der Waals surface area contributed by atoms with Crippen LogP contribution in [-0.4, -0.2) is 44.3 Å². The Hall–Kier alpha value is -3.64. The van der Waals surface area contributed by atoms with Crippen LogP contribution < -0.4 is 9.62 Å². The molecule has 2 amide bonds. The van der Waals surface area contributed by atoms with Gasteiger partial charge in [-0.25, -0.2) is 12.8 Å². The molecule has 1 atom stereocenters. The summed E-state index contributed by atoms with van der Waals surface area (Å²) < 4.78 is 83.7. The van der Waals surface area contributed by atoms with Crippen LogP contribution in [0.5, 0.6) is 0 Å². The van der Waals surface area contributed by atoms with Crippen molar-refractivity contribution in [2.45, 2.75) is 44.4 Å². The Morgan fingerprint density at radius 1 is 0.952 bits per heavy atom. The normalized spacial score (nSPS) is 12.6. The molecule has 0 aromatic heterocycles. The van der Waals surface area contributed by atoms with Gasteiger partial charge in [0.2, 0.25) is 11.8 Å². The standard InChI is InChI=1S/C29H30ClF4N3O4S/c1-19(2)16-35-28(39)20(3)36(17-21-9-7-8-12-26(21)31)27(38)18-37(42(40,41)23-10-5-4-6-11-23)22-13-14-25(30)24(15-22)29(32,33)34/h4-15,19-20H,16-18H2,1-3H3,(H,35,39). The van der Waals surface area contributed by atoms with E-state index >= 15 is 0 Å². The number of anilines is 1. The SMILES string of the molecule is CC(C)CNC(=O)C(C)N(Cc1ccccc1F)C(=O)CN(c1ccc(Cl)c(C(F)(F)F)c1)S(=O)(=O)c1ccccc1. The van der Waals surface area contributed by atoms with Crippen molar-refractivity contribution < 1.29 is 35.6 Å². The summed E-state index contributed by atoms with van der Waals surface area (Å²) >= 11 is 5.76. The fraction of sp³-hybridized carbons (Fsp3) is 0.310. The Labute approximate surface area is 247 Å². The summed E-state index contributed by atoms with van der Waals surface area (Å²) in [6.45, 7) is 4.00. The minimum absolute atomic E-state index is 0.0534. The Morgan fingerprint density at radius 3 is 2.17 bits per heavy atom. The van der Waals surface area contributed by atoms with Crippen LogP contribution in [0.25, 0.3) is 0 Å². The molecule has 0 heterocycles. The second-order valence-electron chi connectivity index (χ2n) is 9.91. The van der Waals surface area contributed by atoms with Gasteiger partial charge in [0.15, 0.2) is 0 Å². The minimum atomic E-state index is -4.92. The van der Waals surface area contributed by atoms with Crippen LogP contribution in [0.4, 0.5) is 23.2 Å². The lowest BCUT2D eigenvalue weighted by atomic mass is 10.1. The molecular weight excluding hydrogens is 598 g/mol. The van der Waals surface area contributed by atoms with Crippen molar-refractivity contribution in [1.29, 1.82) is 0 Å². The number of rotatable bonds is 11. The number of hydrogen-bond acceptors (Lipinski definition) is 4. The molecule has 0 aliphatic heterocycles. The zero-order chi connectivity index (χ0) is 31.2. The summed E-state index contributed by atoms with van der Waals surface area (Å²) in [4.78, 5) is 27.5. The molecule has 1 N–H and O–H groups in total. The van der Waals surface area contributed by atoms with Gasteiger partial charge in [0.1, 0.15) is 18.4 Å². The molecule has 3 rings (SSSR count). The Kier molecular flexibility index (Phi) is 10.6. The number of halogens is 5. The number of carbonyl (C=O) groups excluding carboxylic acids is 2. The monoisotopic (exact) mass is 627 g/mol. The molecule has 3 aromatic rings. The van der Waals surface area contributed by atoms with Gasteiger partial charge in [-0.15, -0.1) is 0 Å². The van der Waals surface area contributed by atoms with Crippen molar-refractivity contribution in [3.8, 4) is 0 Å². The minimum Gasteiger partial charge on any atom is -0.354 e. The Morgan fingerprint density at radius 2 is 1.57 bits per heavy atom. The van der Waals surface area contributed by atoms with Gasteiger partial charge in [0.05, 0.1) is 21.2 Å². The summed E-state index contributed by atoms with van der Waals surface area (Å²) in [6, 6.07) is 13.7. The molecule has 0 radical (unpaired) electrons. The second kappa shape index (κ2) is 13.6. The van der Waals surface area contributed by atoms with Crippen LogP contribution in [0, 0.1) is 11.7 Å². The first-order valence-electron chi connectivity index (χ1n) is 12.9. The molecule has 0 saturated heterocycles. The van der Waals surface area contributed by atoms with E-state index in [0.717, 1.165) is 17.0 Å². The van der Waals surface area contributed by atoms with E-state index in [9.17, 15) is 35.6 Å². The Balaban J connectivity index is 2.10. The number of alkyl halides is 3. The van der Waals surface area contributed by atoms with Gasteiger partial charge in [-0.3, -0.25) is 13.9 Å². The highest BCUT2D eigenvalue weighted by molar-refractivity contribution is 7.92. The zero-order valence-electron chi connectivity index (χ0n) is 23.0. The average molecular weight is 628 g/mol. The van der Waals surface area contributed by atoms with Crippen LogP contribution >= 0.6 is 11.6 Å². The molecule has 0 fully saturated rings. The van der Waals surface area contributed by atoms with E-state index in [-0.39, 0.29) is 22.9 Å². The topological polar surface area (TPSA) is 86.8 Å². The molecule has 1 unspecified atom stereocenters. The van der Waals surface area contributed by atoms with E-state index in [2.05, 4.69) is 5.32 Å². The number of amides is 2. The summed E-state index contributed by atoms with van der Waals surface area (Å²) in [7, 11) is -4.61. The molecule has 0 saturated carbocycles. The third-order valence-electron chi connectivity index (χ3n) is 6.30. The molecule has 3 aromatic carbocycles. The highest BCUT2D eigenvalue weighted by atomic mass is 35.5. The highest BCUT2D eigenvalue weighted by Gasteiger charge is 2.37. The number of benzene rings is 3. The lowest BCUT2D eigenvalue weighted by Gasteiger charge is -2.32. The predicted molar refractivity (Wildman–Crippen MR) is 152 cm³/mol. The van der Waals surface area contributed by atoms with Gasteiger partial charge in [0, 0.05) is 18.7 Å². The maximum atomic E-state index is 14.6. The molecule has 0 aliphatic rings. The largest absolute Gasteiger partial charge is 0.417 e. The van der Waals surface area contributed by atoms with Gasteiger partial charge in [0.25, 0.3) is 10.0 Å². The molecule has 0 bridgehead atoms. The first kappa shape index (κ1) is 32.9. The smallest absolute Gasteiger partial charge is 0.354 e. The van der Waals surface area contributed by atoms with Crippen LogP contribution in [0.1, 0.15) is 31.9 Å². The van der Waals surface area contributed by atoms with Crippen molar-refractivity contribution in [2.24, 2.45) is 5.92 Å². The summed E-state index contributed by atoms with van der Waals surface area (Å²) in [5, 5.41) is 2.03. The zero-order valence-corrected chi connectivity index (χ0v) is 24.6. The van der Waals surface area contributed by atoms with E-state index in [0.29, 0.717) is 10.4 Å². The van der Waals surface area contributed by atoms with Gasteiger partial charge < -0.3 is 10.2 Å².